The van der Waals surface area contributed by atoms with Crippen LogP contribution in [0, 0.1) is 5.41 Å². The van der Waals surface area contributed by atoms with Crippen molar-refractivity contribution in [2.75, 3.05) is 17.7 Å². The second-order valence-corrected chi connectivity index (χ2v) is 17.0. The lowest BCUT2D eigenvalue weighted by atomic mass is 9.77. The van der Waals surface area contributed by atoms with E-state index >= 15 is 0 Å². The third kappa shape index (κ3) is 11.6. The van der Waals surface area contributed by atoms with Gasteiger partial charge >= 0.3 is 0 Å². The fraction of sp³-hybridized carbons (Fsp3) is 0.643. The third-order valence-corrected chi connectivity index (χ3v) is 10.2. The van der Waals surface area contributed by atoms with Gasteiger partial charge in [-0.1, -0.05) is 93.9 Å². The molecule has 9 heteroatoms. The second-order valence-electron chi connectivity index (χ2n) is 16.5. The highest BCUT2D eigenvalue weighted by atomic mass is 35.5. The number of Topliss-reactive ketones (excluding diaryl/α,β-unsaturated/α-hetero) is 1. The lowest BCUT2D eigenvalue weighted by Gasteiger charge is -2.38. The Morgan fingerprint density at radius 1 is 0.922 bits per heavy atom. The highest BCUT2D eigenvalue weighted by molar-refractivity contribution is 6.43. The zero-order valence-corrected chi connectivity index (χ0v) is 33.8. The number of amides is 2. The number of alkyl halides is 1. The summed E-state index contributed by atoms with van der Waals surface area (Å²) in [5.41, 5.74) is 1.60. The molecule has 51 heavy (non-hydrogen) atoms. The fourth-order valence-electron chi connectivity index (χ4n) is 6.77. The number of benzene rings is 2. The molecule has 0 radical (unpaired) electrons. The molecule has 284 valence electrons. The molecule has 1 heterocycles. The molecule has 3 atom stereocenters. The van der Waals surface area contributed by atoms with Crippen molar-refractivity contribution in [1.29, 1.82) is 0 Å². The molecule has 1 aliphatic rings. The molecular weight excluding hydrogens is 664 g/mol. The van der Waals surface area contributed by atoms with Crippen LogP contribution in [0.5, 0.6) is 17.2 Å². The molecule has 0 aliphatic carbocycles. The van der Waals surface area contributed by atoms with Crippen LogP contribution in [0.4, 0.5) is 11.4 Å². The first-order valence-electron chi connectivity index (χ1n) is 18.9. The molecule has 2 amide bonds. The van der Waals surface area contributed by atoms with Crippen molar-refractivity contribution < 1.29 is 28.6 Å². The van der Waals surface area contributed by atoms with Gasteiger partial charge in [-0.3, -0.25) is 14.4 Å². The van der Waals surface area contributed by atoms with E-state index in [0.717, 1.165) is 80.4 Å². The van der Waals surface area contributed by atoms with Crippen molar-refractivity contribution in [2.45, 2.75) is 162 Å². The number of unbranched alkanes of at least 4 members (excludes halogenated alkanes) is 5. The van der Waals surface area contributed by atoms with Crippen LogP contribution in [0.3, 0.4) is 0 Å². The predicted octanol–water partition coefficient (Wildman–Crippen LogP) is 10.7. The lowest BCUT2D eigenvalue weighted by molar-refractivity contribution is -0.130. The predicted molar refractivity (Wildman–Crippen MR) is 209 cm³/mol. The molecule has 1 aliphatic heterocycles. The number of fused-ring (bicyclic) bond motifs is 1. The molecule has 2 N–H and O–H groups in total. The van der Waals surface area contributed by atoms with Crippen molar-refractivity contribution in [1.82, 2.24) is 0 Å². The summed E-state index contributed by atoms with van der Waals surface area (Å²) in [5, 5.41) is 4.36. The van der Waals surface area contributed by atoms with Gasteiger partial charge in [0.2, 0.25) is 5.91 Å². The van der Waals surface area contributed by atoms with E-state index in [-0.39, 0.29) is 28.5 Å². The number of anilines is 2. The van der Waals surface area contributed by atoms with Crippen LogP contribution < -0.4 is 24.8 Å². The number of ether oxygens (including phenoxy) is 3. The Morgan fingerprint density at radius 3 is 2.22 bits per heavy atom. The van der Waals surface area contributed by atoms with E-state index in [9.17, 15) is 14.4 Å². The number of rotatable bonds is 18. The van der Waals surface area contributed by atoms with Crippen LogP contribution in [0.25, 0.3) is 0 Å². The van der Waals surface area contributed by atoms with E-state index in [2.05, 4.69) is 71.2 Å². The van der Waals surface area contributed by atoms with Crippen LogP contribution in [-0.4, -0.2) is 41.8 Å². The lowest BCUT2D eigenvalue weighted by Crippen LogP contribution is -2.37. The second kappa shape index (κ2) is 18.0. The zero-order chi connectivity index (χ0) is 38.1. The van der Waals surface area contributed by atoms with E-state index < -0.39 is 28.6 Å². The molecule has 2 aromatic carbocycles. The first kappa shape index (κ1) is 42.2. The van der Waals surface area contributed by atoms with Crippen molar-refractivity contribution in [3.63, 3.8) is 0 Å². The van der Waals surface area contributed by atoms with Crippen LogP contribution in [0.1, 0.15) is 150 Å². The number of hydrogen-bond donors (Lipinski definition) is 2. The molecule has 3 rings (SSSR count). The molecule has 2 aromatic rings. The number of carbonyl (C=O) groups excluding carboxylic acids is 3. The van der Waals surface area contributed by atoms with E-state index in [1.54, 1.807) is 39.0 Å². The normalized spacial score (nSPS) is 16.7. The van der Waals surface area contributed by atoms with E-state index in [1.807, 2.05) is 0 Å². The first-order valence-corrected chi connectivity index (χ1v) is 19.3. The highest BCUT2D eigenvalue weighted by Crippen LogP contribution is 2.47. The third-order valence-electron chi connectivity index (χ3n) is 9.77. The van der Waals surface area contributed by atoms with Crippen LogP contribution in [0.15, 0.2) is 30.3 Å². The molecule has 0 saturated heterocycles. The minimum Gasteiger partial charge on any atom is -0.495 e. The summed E-state index contributed by atoms with van der Waals surface area (Å²) in [6.45, 7) is 20.5. The fourth-order valence-corrected chi connectivity index (χ4v) is 7.15. The molecule has 0 aromatic heterocycles. The Kier molecular flexibility index (Phi) is 14.9. The Morgan fingerprint density at radius 2 is 1.59 bits per heavy atom. The van der Waals surface area contributed by atoms with Crippen LogP contribution in [0.2, 0.25) is 0 Å². The highest BCUT2D eigenvalue weighted by Gasteiger charge is 2.36. The van der Waals surface area contributed by atoms with Gasteiger partial charge in [0, 0.05) is 22.2 Å². The van der Waals surface area contributed by atoms with E-state index in [0.29, 0.717) is 17.9 Å². The number of carbonyl (C=O) groups is 3. The number of ketones is 1. The molecule has 0 fully saturated rings. The summed E-state index contributed by atoms with van der Waals surface area (Å²) in [7, 11) is 1.48. The summed E-state index contributed by atoms with van der Waals surface area (Å²) in [6.07, 6.45) is 9.00. The van der Waals surface area contributed by atoms with Crippen molar-refractivity contribution in [2.24, 2.45) is 5.41 Å². The van der Waals surface area contributed by atoms with Gasteiger partial charge in [0.1, 0.15) is 22.8 Å². The van der Waals surface area contributed by atoms with Crippen molar-refractivity contribution >= 4 is 40.6 Å². The monoisotopic (exact) mass is 726 g/mol. The quantitative estimate of drug-likeness (QED) is 0.0900. The number of halogens is 1. The number of hydrogen-bond acceptors (Lipinski definition) is 6. The van der Waals surface area contributed by atoms with Gasteiger partial charge < -0.3 is 24.8 Å². The average molecular weight is 727 g/mol. The van der Waals surface area contributed by atoms with Crippen molar-refractivity contribution in [3.05, 3.63) is 41.5 Å². The number of methoxy groups -OCH3 is 1. The van der Waals surface area contributed by atoms with Gasteiger partial charge in [0.05, 0.1) is 12.8 Å². The maximum Gasteiger partial charge on any atom is 0.265 e. The summed E-state index contributed by atoms with van der Waals surface area (Å²) in [5.74, 6) is 0.894. The summed E-state index contributed by atoms with van der Waals surface area (Å²) < 4.78 is 18.8. The summed E-state index contributed by atoms with van der Waals surface area (Å²) >= 11 is 6.28. The SMILES string of the molecule is CCCCCCC(Oc1cc2c(cc1C(C)(C)CCCCC)OC(C)(C)CC2C)C(=O)Nc1ccc(OC)c(NC(=O)C(Cl)C(=O)C(C)(C)C)c1. The molecular formula is C42H63ClN2O6. The van der Waals surface area contributed by atoms with Gasteiger partial charge in [-0.25, -0.2) is 0 Å². The van der Waals surface area contributed by atoms with E-state index in [1.165, 1.54) is 7.11 Å². The summed E-state index contributed by atoms with van der Waals surface area (Å²) in [4.78, 5) is 39.8. The smallest absolute Gasteiger partial charge is 0.265 e. The molecule has 3 unspecified atom stereocenters. The molecule has 8 nitrogen and oxygen atoms in total. The average Bonchev–Trinajstić information content (AvgIpc) is 3.04. The van der Waals surface area contributed by atoms with Gasteiger partial charge in [-0.15, -0.1) is 11.6 Å². The summed E-state index contributed by atoms with van der Waals surface area (Å²) in [6, 6.07) is 9.24. The molecule has 0 saturated carbocycles. The van der Waals surface area contributed by atoms with Gasteiger partial charge in [0.15, 0.2) is 17.3 Å². The Bertz CT molecular complexity index is 1510. The standard InChI is InChI=1S/C42H63ClN2O6/c1-12-14-16-17-19-33(38(47)44-28-20-21-32(49-11)31(23-28)45-39(48)36(43)37(46)40(4,5)6)50-35-24-29-27(3)26-42(9,10)51-34(29)25-30(35)41(7,8)22-18-15-13-2/h20-21,23-25,27,33,36H,12-19,22,26H2,1-11H3,(H,44,47)(H,45,48). The topological polar surface area (TPSA) is 103 Å². The molecule has 0 spiro atoms. The van der Waals surface area contributed by atoms with Gasteiger partial charge in [-0.2, -0.15) is 0 Å². The number of nitrogens with one attached hydrogen (secondary N) is 2. The van der Waals surface area contributed by atoms with Gasteiger partial charge in [-0.05, 0) is 81.2 Å². The van der Waals surface area contributed by atoms with Crippen molar-refractivity contribution in [3.8, 4) is 17.2 Å². The van der Waals surface area contributed by atoms with E-state index in [4.69, 9.17) is 25.8 Å². The zero-order valence-electron chi connectivity index (χ0n) is 33.0. The minimum atomic E-state index is -1.38. The maximum absolute atomic E-state index is 14.1. The van der Waals surface area contributed by atoms with Crippen LogP contribution >= 0.6 is 11.6 Å². The Labute approximate surface area is 312 Å². The minimum absolute atomic E-state index is 0.214. The Balaban J connectivity index is 1.98. The molecule has 0 bridgehead atoms. The van der Waals surface area contributed by atoms with Gasteiger partial charge in [0.25, 0.3) is 5.91 Å². The Hall–Kier alpha value is -3.26. The largest absolute Gasteiger partial charge is 0.495 e. The van der Waals surface area contributed by atoms with Crippen LogP contribution in [-0.2, 0) is 19.8 Å². The first-order chi connectivity index (χ1) is 23.8. The maximum atomic E-state index is 14.1.